The zero-order valence-electron chi connectivity index (χ0n) is 7.62. The van der Waals surface area contributed by atoms with Gasteiger partial charge in [0.05, 0.1) is 11.8 Å². The monoisotopic (exact) mass is 165 g/mol. The summed E-state index contributed by atoms with van der Waals surface area (Å²) >= 11 is 0. The summed E-state index contributed by atoms with van der Waals surface area (Å²) in [6.07, 6.45) is 3.12. The van der Waals surface area contributed by atoms with Crippen LogP contribution >= 0.6 is 0 Å². The first-order valence-electron chi connectivity index (χ1n) is 4.34. The molecule has 0 aliphatic rings. The fourth-order valence-corrected chi connectivity index (χ4v) is 1.16. The Morgan fingerprint density at radius 1 is 1.58 bits per heavy atom. The molecule has 0 aliphatic heterocycles. The van der Waals surface area contributed by atoms with Gasteiger partial charge in [0.15, 0.2) is 0 Å². The number of hydrogen-bond donors (Lipinski definition) is 1. The topological polar surface area (TPSA) is 33.1 Å². The summed E-state index contributed by atoms with van der Waals surface area (Å²) in [5.74, 6) is 0. The third kappa shape index (κ3) is 2.31. The minimum absolute atomic E-state index is 0.394. The second-order valence-electron chi connectivity index (χ2n) is 3.06. The lowest BCUT2D eigenvalue weighted by Gasteiger charge is -2.08. The lowest BCUT2D eigenvalue weighted by molar-refractivity contribution is 0.161. The molecular weight excluding hydrogens is 150 g/mol. The second kappa shape index (κ2) is 4.21. The molecule has 0 spiro atoms. The Labute approximate surface area is 73.3 Å². The fraction of sp³-hybridized carbons (Fsp3) is 0.500. The molecule has 1 atom stereocenters. The summed E-state index contributed by atoms with van der Waals surface area (Å²) in [5.41, 5.74) is 1.94. The molecule has 2 heteroatoms. The highest BCUT2D eigenvalue weighted by molar-refractivity contribution is 5.15. The van der Waals surface area contributed by atoms with E-state index in [0.29, 0.717) is 0 Å². The van der Waals surface area contributed by atoms with Crippen LogP contribution in [0.4, 0.5) is 0 Å². The Kier molecular flexibility index (Phi) is 3.23. The molecule has 0 saturated heterocycles. The summed E-state index contributed by atoms with van der Waals surface area (Å²) in [6, 6.07) is 3.86. The molecule has 1 N–H and O–H groups in total. The van der Waals surface area contributed by atoms with E-state index in [1.54, 1.807) is 6.20 Å². The van der Waals surface area contributed by atoms with Crippen LogP contribution in [-0.4, -0.2) is 10.1 Å². The van der Waals surface area contributed by atoms with Gasteiger partial charge in [-0.05, 0) is 31.0 Å². The van der Waals surface area contributed by atoms with Gasteiger partial charge in [-0.25, -0.2) is 0 Å². The van der Waals surface area contributed by atoms with E-state index in [1.165, 1.54) is 0 Å². The summed E-state index contributed by atoms with van der Waals surface area (Å²) in [7, 11) is 0. The van der Waals surface area contributed by atoms with Crippen LogP contribution in [0.1, 0.15) is 37.1 Å². The zero-order valence-corrected chi connectivity index (χ0v) is 7.62. The zero-order chi connectivity index (χ0) is 8.97. The molecule has 1 heterocycles. The van der Waals surface area contributed by atoms with Gasteiger partial charge in [0.2, 0.25) is 0 Å². The van der Waals surface area contributed by atoms with E-state index in [-0.39, 0.29) is 0 Å². The number of aryl methyl sites for hydroxylation is 1. The van der Waals surface area contributed by atoms with Crippen molar-refractivity contribution in [2.75, 3.05) is 0 Å². The van der Waals surface area contributed by atoms with E-state index in [0.717, 1.165) is 24.1 Å². The van der Waals surface area contributed by atoms with Crippen molar-refractivity contribution in [3.63, 3.8) is 0 Å². The number of aliphatic hydroxyl groups excluding tert-OH is 1. The van der Waals surface area contributed by atoms with Crippen LogP contribution in [0.25, 0.3) is 0 Å². The van der Waals surface area contributed by atoms with E-state index in [1.807, 2.05) is 19.1 Å². The van der Waals surface area contributed by atoms with Crippen molar-refractivity contribution in [3.8, 4) is 0 Å². The molecule has 0 radical (unpaired) electrons. The highest BCUT2D eigenvalue weighted by atomic mass is 16.3. The van der Waals surface area contributed by atoms with Crippen molar-refractivity contribution in [2.45, 2.75) is 32.8 Å². The third-order valence-corrected chi connectivity index (χ3v) is 1.84. The molecule has 0 amide bonds. The van der Waals surface area contributed by atoms with Gasteiger partial charge in [0.25, 0.3) is 0 Å². The standard InChI is InChI=1S/C10H15NO/c1-3-4-10(12)9-7-8(2)5-6-11-9/h5-7,10,12H,3-4H2,1-2H3/t10-/m0/s1. The van der Waals surface area contributed by atoms with Crippen molar-refractivity contribution in [2.24, 2.45) is 0 Å². The maximum Gasteiger partial charge on any atom is 0.0959 e. The van der Waals surface area contributed by atoms with Gasteiger partial charge >= 0.3 is 0 Å². The van der Waals surface area contributed by atoms with Gasteiger partial charge in [-0.2, -0.15) is 0 Å². The molecule has 1 rings (SSSR count). The van der Waals surface area contributed by atoms with Crippen molar-refractivity contribution < 1.29 is 5.11 Å². The molecule has 66 valence electrons. The van der Waals surface area contributed by atoms with E-state index in [4.69, 9.17) is 0 Å². The minimum Gasteiger partial charge on any atom is -0.387 e. The Morgan fingerprint density at radius 2 is 2.33 bits per heavy atom. The van der Waals surface area contributed by atoms with Crippen LogP contribution in [0.5, 0.6) is 0 Å². The molecule has 0 bridgehead atoms. The summed E-state index contributed by atoms with van der Waals surface area (Å²) in [4.78, 5) is 4.11. The molecule has 1 aromatic rings. The number of hydrogen-bond acceptors (Lipinski definition) is 2. The lowest BCUT2D eigenvalue weighted by atomic mass is 10.1. The van der Waals surface area contributed by atoms with Crippen LogP contribution < -0.4 is 0 Å². The summed E-state index contributed by atoms with van der Waals surface area (Å²) < 4.78 is 0. The van der Waals surface area contributed by atoms with Gasteiger partial charge in [-0.3, -0.25) is 4.98 Å². The minimum atomic E-state index is -0.394. The Hall–Kier alpha value is -0.890. The Balaban J connectivity index is 2.73. The second-order valence-corrected chi connectivity index (χ2v) is 3.06. The molecule has 12 heavy (non-hydrogen) atoms. The predicted molar refractivity (Wildman–Crippen MR) is 48.8 cm³/mol. The Morgan fingerprint density at radius 3 is 2.92 bits per heavy atom. The number of rotatable bonds is 3. The van der Waals surface area contributed by atoms with E-state index >= 15 is 0 Å². The maximum atomic E-state index is 9.58. The average Bonchev–Trinajstić information content (AvgIpc) is 2.05. The quantitative estimate of drug-likeness (QED) is 0.745. The first kappa shape index (κ1) is 9.20. The highest BCUT2D eigenvalue weighted by Gasteiger charge is 2.06. The van der Waals surface area contributed by atoms with Crippen LogP contribution in [0, 0.1) is 6.92 Å². The van der Waals surface area contributed by atoms with Gasteiger partial charge in [-0.15, -0.1) is 0 Å². The molecule has 0 unspecified atom stereocenters. The number of nitrogens with zero attached hydrogens (tertiary/aromatic N) is 1. The SMILES string of the molecule is CCC[C@H](O)c1cc(C)ccn1. The molecule has 2 nitrogen and oxygen atoms in total. The maximum absolute atomic E-state index is 9.58. The van der Waals surface area contributed by atoms with Gasteiger partial charge in [0.1, 0.15) is 0 Å². The van der Waals surface area contributed by atoms with Crippen molar-refractivity contribution >= 4 is 0 Å². The normalized spacial score (nSPS) is 12.9. The van der Waals surface area contributed by atoms with E-state index in [9.17, 15) is 5.11 Å². The molecule has 1 aromatic heterocycles. The third-order valence-electron chi connectivity index (χ3n) is 1.84. The predicted octanol–water partition coefficient (Wildman–Crippen LogP) is 2.22. The highest BCUT2D eigenvalue weighted by Crippen LogP contribution is 2.15. The van der Waals surface area contributed by atoms with Gasteiger partial charge in [-0.1, -0.05) is 13.3 Å². The summed E-state index contributed by atoms with van der Waals surface area (Å²) in [5, 5.41) is 9.58. The first-order valence-corrected chi connectivity index (χ1v) is 4.34. The average molecular weight is 165 g/mol. The molecule has 0 aromatic carbocycles. The molecular formula is C10H15NO. The molecule has 0 aliphatic carbocycles. The van der Waals surface area contributed by atoms with Crippen LogP contribution in [0.3, 0.4) is 0 Å². The van der Waals surface area contributed by atoms with Crippen LogP contribution in [-0.2, 0) is 0 Å². The molecule has 0 fully saturated rings. The van der Waals surface area contributed by atoms with E-state index in [2.05, 4.69) is 11.9 Å². The fourth-order valence-electron chi connectivity index (χ4n) is 1.16. The van der Waals surface area contributed by atoms with E-state index < -0.39 is 6.10 Å². The molecule has 0 saturated carbocycles. The van der Waals surface area contributed by atoms with Crippen molar-refractivity contribution in [1.29, 1.82) is 0 Å². The van der Waals surface area contributed by atoms with Crippen molar-refractivity contribution in [1.82, 2.24) is 4.98 Å². The number of aromatic nitrogens is 1. The summed E-state index contributed by atoms with van der Waals surface area (Å²) in [6.45, 7) is 4.06. The van der Waals surface area contributed by atoms with Crippen LogP contribution in [0.15, 0.2) is 18.3 Å². The number of aliphatic hydroxyl groups is 1. The van der Waals surface area contributed by atoms with Crippen LogP contribution in [0.2, 0.25) is 0 Å². The largest absolute Gasteiger partial charge is 0.387 e. The Bertz CT molecular complexity index is 247. The van der Waals surface area contributed by atoms with Gasteiger partial charge < -0.3 is 5.11 Å². The smallest absolute Gasteiger partial charge is 0.0959 e. The van der Waals surface area contributed by atoms with Gasteiger partial charge in [0, 0.05) is 6.20 Å². The number of pyridine rings is 1. The lowest BCUT2D eigenvalue weighted by Crippen LogP contribution is -1.99. The first-order chi connectivity index (χ1) is 5.74. The van der Waals surface area contributed by atoms with Crippen molar-refractivity contribution in [3.05, 3.63) is 29.6 Å².